The molecule has 32 heavy (non-hydrogen) atoms. The summed E-state index contributed by atoms with van der Waals surface area (Å²) < 4.78 is 21.0. The number of fused-ring (bicyclic) bond motifs is 1. The van der Waals surface area contributed by atoms with Gasteiger partial charge in [-0.2, -0.15) is 0 Å². The number of carbonyl (C=O) groups is 2. The highest BCUT2D eigenvalue weighted by Crippen LogP contribution is 2.36. The number of rotatable bonds is 6. The normalized spacial score (nSPS) is 11.6. The third kappa shape index (κ3) is 4.40. The zero-order valence-electron chi connectivity index (χ0n) is 17.2. The number of carbonyl (C=O) groups excluding carboxylic acids is 2. The summed E-state index contributed by atoms with van der Waals surface area (Å²) in [7, 11) is 2.93. The Morgan fingerprint density at radius 2 is 1.53 bits per heavy atom. The summed E-state index contributed by atoms with van der Waals surface area (Å²) in [6, 6.07) is 14.7. The lowest BCUT2D eigenvalue weighted by Crippen LogP contribution is -2.14. The van der Waals surface area contributed by atoms with Crippen molar-refractivity contribution in [1.29, 1.82) is 0 Å². The molecule has 2 N–H and O–H groups in total. The zero-order chi connectivity index (χ0) is 22.7. The fourth-order valence-corrected chi connectivity index (χ4v) is 3.46. The smallest absolute Gasteiger partial charge is 0.255 e. The first-order valence-corrected chi connectivity index (χ1v) is 9.90. The molecule has 0 atom stereocenters. The number of halogens is 1. The summed E-state index contributed by atoms with van der Waals surface area (Å²) in [5.41, 5.74) is 1.71. The van der Waals surface area contributed by atoms with E-state index in [-0.39, 0.29) is 17.7 Å². The molecule has 3 aromatic carbocycles. The van der Waals surface area contributed by atoms with Gasteiger partial charge in [-0.05, 0) is 48.5 Å². The summed E-state index contributed by atoms with van der Waals surface area (Å²) in [5.74, 6) is 1.09. The number of anilines is 2. The second-order valence-electron chi connectivity index (χ2n) is 6.75. The van der Waals surface area contributed by atoms with Gasteiger partial charge < -0.3 is 29.6 Å². The molecular weight excluding hydrogens is 436 g/mol. The Hall–Kier alpha value is -3.91. The highest BCUT2D eigenvalue weighted by molar-refractivity contribution is 6.32. The predicted octanol–water partition coefficient (Wildman–Crippen LogP) is 4.59. The number of methoxy groups -OCH3 is 2. The second-order valence-corrected chi connectivity index (χ2v) is 7.16. The molecule has 0 aliphatic carbocycles. The SMILES string of the molecule is COc1cc(C(=O)Nc2cccc(NC(=O)c3ccc4c(c3)OCO4)c2)cc(Cl)c1OC. The van der Waals surface area contributed by atoms with Crippen LogP contribution in [0.3, 0.4) is 0 Å². The van der Waals surface area contributed by atoms with Crippen LogP contribution in [-0.4, -0.2) is 32.8 Å². The molecular formula is C23H19ClN2O6. The molecule has 0 saturated heterocycles. The van der Waals surface area contributed by atoms with Gasteiger partial charge in [-0.3, -0.25) is 9.59 Å². The Morgan fingerprint density at radius 1 is 0.844 bits per heavy atom. The molecule has 3 aromatic rings. The van der Waals surface area contributed by atoms with Crippen molar-refractivity contribution in [2.75, 3.05) is 31.6 Å². The lowest BCUT2D eigenvalue weighted by Gasteiger charge is -2.12. The molecule has 0 spiro atoms. The molecule has 164 valence electrons. The fourth-order valence-electron chi connectivity index (χ4n) is 3.17. The minimum Gasteiger partial charge on any atom is -0.493 e. The molecule has 8 nitrogen and oxygen atoms in total. The summed E-state index contributed by atoms with van der Waals surface area (Å²) in [5, 5.41) is 5.83. The van der Waals surface area contributed by atoms with Gasteiger partial charge in [-0.15, -0.1) is 0 Å². The van der Waals surface area contributed by atoms with Crippen LogP contribution in [0.15, 0.2) is 54.6 Å². The van der Waals surface area contributed by atoms with Crippen molar-refractivity contribution in [2.24, 2.45) is 0 Å². The third-order valence-corrected chi connectivity index (χ3v) is 4.99. The topological polar surface area (TPSA) is 95.1 Å². The number of hydrogen-bond acceptors (Lipinski definition) is 6. The molecule has 0 saturated carbocycles. The van der Waals surface area contributed by atoms with Crippen LogP contribution >= 0.6 is 11.6 Å². The first kappa shape index (κ1) is 21.3. The van der Waals surface area contributed by atoms with E-state index in [1.165, 1.54) is 26.4 Å². The number of nitrogens with one attached hydrogen (secondary N) is 2. The van der Waals surface area contributed by atoms with Crippen LogP contribution in [0.4, 0.5) is 11.4 Å². The van der Waals surface area contributed by atoms with Crippen molar-refractivity contribution < 1.29 is 28.5 Å². The maximum absolute atomic E-state index is 12.7. The van der Waals surface area contributed by atoms with Crippen molar-refractivity contribution >= 4 is 34.8 Å². The first-order valence-electron chi connectivity index (χ1n) is 9.52. The number of benzene rings is 3. The van der Waals surface area contributed by atoms with E-state index in [1.54, 1.807) is 42.5 Å². The van der Waals surface area contributed by atoms with Gasteiger partial charge in [-0.1, -0.05) is 17.7 Å². The van der Waals surface area contributed by atoms with Crippen molar-refractivity contribution in [3.05, 3.63) is 70.7 Å². The quantitative estimate of drug-likeness (QED) is 0.565. The van der Waals surface area contributed by atoms with Crippen LogP contribution in [0.2, 0.25) is 5.02 Å². The van der Waals surface area contributed by atoms with Crippen molar-refractivity contribution in [3.63, 3.8) is 0 Å². The van der Waals surface area contributed by atoms with Crippen LogP contribution in [0.25, 0.3) is 0 Å². The van der Waals surface area contributed by atoms with Gasteiger partial charge in [0.05, 0.1) is 19.2 Å². The van der Waals surface area contributed by atoms with Gasteiger partial charge in [0.15, 0.2) is 23.0 Å². The Kier molecular flexibility index (Phi) is 6.04. The molecule has 4 rings (SSSR count). The van der Waals surface area contributed by atoms with Gasteiger partial charge in [0, 0.05) is 22.5 Å². The van der Waals surface area contributed by atoms with Gasteiger partial charge in [0.2, 0.25) is 6.79 Å². The molecule has 0 radical (unpaired) electrons. The minimum atomic E-state index is -0.396. The van der Waals surface area contributed by atoms with Crippen LogP contribution in [0, 0.1) is 0 Å². The Labute approximate surface area is 189 Å². The predicted molar refractivity (Wildman–Crippen MR) is 119 cm³/mol. The lowest BCUT2D eigenvalue weighted by molar-refractivity contribution is 0.101. The highest BCUT2D eigenvalue weighted by Gasteiger charge is 2.17. The van der Waals surface area contributed by atoms with E-state index in [4.69, 9.17) is 30.5 Å². The Morgan fingerprint density at radius 3 is 2.22 bits per heavy atom. The van der Waals surface area contributed by atoms with E-state index >= 15 is 0 Å². The Bertz CT molecular complexity index is 1200. The summed E-state index contributed by atoms with van der Waals surface area (Å²) in [6.45, 7) is 0.132. The molecule has 0 aromatic heterocycles. The van der Waals surface area contributed by atoms with Crippen molar-refractivity contribution in [1.82, 2.24) is 0 Å². The molecule has 0 unspecified atom stereocenters. The van der Waals surface area contributed by atoms with E-state index in [0.29, 0.717) is 45.5 Å². The summed E-state index contributed by atoms with van der Waals surface area (Å²) in [6.07, 6.45) is 0. The Balaban J connectivity index is 1.48. The average Bonchev–Trinajstić information content (AvgIpc) is 3.26. The van der Waals surface area contributed by atoms with E-state index in [0.717, 1.165) is 0 Å². The van der Waals surface area contributed by atoms with E-state index in [2.05, 4.69) is 10.6 Å². The molecule has 1 aliphatic rings. The van der Waals surface area contributed by atoms with E-state index < -0.39 is 5.91 Å². The standard InChI is InChI=1S/C23H19ClN2O6/c1-29-20-10-14(8-17(24)21(20)30-2)23(28)26-16-5-3-4-15(11-16)25-22(27)13-6-7-18-19(9-13)32-12-31-18/h3-11H,12H2,1-2H3,(H,25,27)(H,26,28). The molecule has 2 amide bonds. The fraction of sp³-hybridized carbons (Fsp3) is 0.130. The molecule has 0 fully saturated rings. The van der Waals surface area contributed by atoms with Gasteiger partial charge in [-0.25, -0.2) is 0 Å². The lowest BCUT2D eigenvalue weighted by atomic mass is 10.1. The van der Waals surface area contributed by atoms with Gasteiger partial charge in [0.1, 0.15) is 0 Å². The number of amides is 2. The van der Waals surface area contributed by atoms with Crippen molar-refractivity contribution in [3.8, 4) is 23.0 Å². The maximum Gasteiger partial charge on any atom is 0.255 e. The first-order chi connectivity index (χ1) is 15.5. The molecule has 0 bridgehead atoms. The van der Waals surface area contributed by atoms with E-state index in [1.807, 2.05) is 0 Å². The van der Waals surface area contributed by atoms with Gasteiger partial charge >= 0.3 is 0 Å². The third-order valence-electron chi connectivity index (χ3n) is 4.71. The second kappa shape index (κ2) is 9.07. The van der Waals surface area contributed by atoms with Gasteiger partial charge in [0.25, 0.3) is 11.8 Å². The van der Waals surface area contributed by atoms with Crippen LogP contribution in [0.5, 0.6) is 23.0 Å². The number of hydrogen-bond donors (Lipinski definition) is 2. The highest BCUT2D eigenvalue weighted by atomic mass is 35.5. The minimum absolute atomic E-state index is 0.132. The van der Waals surface area contributed by atoms with E-state index in [9.17, 15) is 9.59 Å². The largest absolute Gasteiger partial charge is 0.493 e. The van der Waals surface area contributed by atoms with Crippen molar-refractivity contribution in [2.45, 2.75) is 0 Å². The van der Waals surface area contributed by atoms with Crippen LogP contribution < -0.4 is 29.6 Å². The number of ether oxygens (including phenoxy) is 4. The summed E-state index contributed by atoms with van der Waals surface area (Å²) in [4.78, 5) is 25.3. The monoisotopic (exact) mass is 454 g/mol. The van der Waals surface area contributed by atoms with Crippen LogP contribution in [0.1, 0.15) is 20.7 Å². The zero-order valence-corrected chi connectivity index (χ0v) is 18.0. The molecule has 9 heteroatoms. The molecule has 1 aliphatic heterocycles. The van der Waals surface area contributed by atoms with Crippen LogP contribution in [-0.2, 0) is 0 Å². The summed E-state index contributed by atoms with van der Waals surface area (Å²) >= 11 is 6.19. The molecule has 1 heterocycles. The maximum atomic E-state index is 12.7. The average molecular weight is 455 g/mol.